The molecule has 4 aromatic rings. The molecule has 4 heterocycles. The van der Waals surface area contributed by atoms with Gasteiger partial charge in [-0.05, 0) is 99.6 Å². The zero-order valence-electron chi connectivity index (χ0n) is 27.8. The predicted octanol–water partition coefficient (Wildman–Crippen LogP) is 5.30. The van der Waals surface area contributed by atoms with Gasteiger partial charge in [0.05, 0.1) is 37.0 Å². The second kappa shape index (κ2) is 13.4. The third kappa shape index (κ3) is 5.79. The van der Waals surface area contributed by atoms with E-state index < -0.39 is 27.5 Å². The van der Waals surface area contributed by atoms with Gasteiger partial charge in [-0.15, -0.1) is 0 Å². The van der Waals surface area contributed by atoms with Gasteiger partial charge in [-0.1, -0.05) is 17.7 Å². The average Bonchev–Trinajstić information content (AvgIpc) is 3.83. The Balaban J connectivity index is 1.46. The van der Waals surface area contributed by atoms with E-state index in [0.29, 0.717) is 53.0 Å². The van der Waals surface area contributed by atoms with Crippen LogP contribution in [0.1, 0.15) is 47.9 Å². The van der Waals surface area contributed by atoms with E-state index in [1.54, 1.807) is 43.6 Å². The number of methoxy groups -OCH3 is 2. The molecule has 1 aromatic heterocycles. The van der Waals surface area contributed by atoms with Crippen LogP contribution in [-0.2, 0) is 26.9 Å². The summed E-state index contributed by atoms with van der Waals surface area (Å²) in [6, 6.07) is 16.4. The van der Waals surface area contributed by atoms with Gasteiger partial charge in [0.15, 0.2) is 5.54 Å². The van der Waals surface area contributed by atoms with E-state index in [-0.39, 0.29) is 10.6 Å². The normalized spacial score (nSPS) is 22.3. The lowest BCUT2D eigenvalue weighted by molar-refractivity contribution is -0.127. The molecule has 0 N–H and O–H groups in total. The summed E-state index contributed by atoms with van der Waals surface area (Å²) in [7, 11) is 0.798. The summed E-state index contributed by atoms with van der Waals surface area (Å²) in [6.45, 7) is 4.98. The third-order valence-corrected chi connectivity index (χ3v) is 11.9. The number of fused-ring (bicyclic) bond motifs is 1. The van der Waals surface area contributed by atoms with E-state index >= 15 is 4.79 Å². The number of carbonyl (C=O) groups is 1. The van der Waals surface area contributed by atoms with Crippen LogP contribution >= 0.6 is 11.6 Å². The first-order valence-electron chi connectivity index (χ1n) is 16.5. The van der Waals surface area contributed by atoms with Crippen LogP contribution in [0.2, 0.25) is 5.02 Å². The van der Waals surface area contributed by atoms with Gasteiger partial charge in [-0.3, -0.25) is 14.6 Å². The van der Waals surface area contributed by atoms with E-state index in [9.17, 15) is 8.42 Å². The van der Waals surface area contributed by atoms with E-state index in [4.69, 9.17) is 25.5 Å². The van der Waals surface area contributed by atoms with Crippen molar-refractivity contribution in [2.45, 2.75) is 42.3 Å². The molecule has 258 valence electrons. The van der Waals surface area contributed by atoms with Gasteiger partial charge in [0.25, 0.3) is 15.9 Å². The monoisotopic (exact) mass is 705 g/mol. The molecule has 2 unspecified atom stereocenters. The second-order valence-electron chi connectivity index (χ2n) is 12.8. The van der Waals surface area contributed by atoms with Crippen molar-refractivity contribution in [2.75, 3.05) is 58.3 Å². The van der Waals surface area contributed by atoms with E-state index in [1.165, 1.54) is 25.5 Å². The molecule has 2 atom stereocenters. The minimum Gasteiger partial charge on any atom is -0.497 e. The Bertz CT molecular complexity index is 1940. The Morgan fingerprint density at radius 1 is 0.939 bits per heavy atom. The Hall–Kier alpha value is -3.94. The van der Waals surface area contributed by atoms with Crippen LogP contribution in [0.4, 0.5) is 5.69 Å². The third-order valence-electron chi connectivity index (χ3n) is 9.95. The highest BCUT2D eigenvalue weighted by molar-refractivity contribution is 7.93. The van der Waals surface area contributed by atoms with E-state index in [1.807, 2.05) is 23.1 Å². The van der Waals surface area contributed by atoms with Crippen LogP contribution < -0.4 is 13.8 Å². The summed E-state index contributed by atoms with van der Waals surface area (Å²) in [5.41, 5.74) is 0.549. The number of benzene rings is 3. The number of amides is 1. The van der Waals surface area contributed by atoms with Gasteiger partial charge in [0.2, 0.25) is 5.89 Å². The van der Waals surface area contributed by atoms with Crippen LogP contribution in [0.5, 0.6) is 11.5 Å². The zero-order chi connectivity index (χ0) is 34.3. The molecule has 49 heavy (non-hydrogen) atoms. The minimum atomic E-state index is -4.41. The minimum absolute atomic E-state index is 0.0455. The maximum Gasteiger partial charge on any atom is 0.271 e. The number of likely N-dealkylation sites (tertiary alicyclic amines) is 1. The highest BCUT2D eigenvalue weighted by Gasteiger charge is 2.62. The standard InChI is InChI=1S/C36H40ClN5O6S/c1-39-16-5-17-40(20-19-39)24-25-7-14-33(47-3)30(22-25)36(41-18-4-6-32(41)34-38-15-21-48-34)29-23-26(37)8-13-31(29)42(35(36)43)49(44,45)28-11-9-27(46-2)10-12-28/h7-15,21-23,32H,4-6,16-20,24H2,1-3H3. The van der Waals surface area contributed by atoms with Gasteiger partial charge in [0, 0.05) is 42.3 Å². The van der Waals surface area contributed by atoms with Crippen molar-refractivity contribution >= 4 is 33.2 Å². The van der Waals surface area contributed by atoms with Crippen molar-refractivity contribution in [3.05, 3.63) is 101 Å². The van der Waals surface area contributed by atoms with Crippen molar-refractivity contribution in [3.8, 4) is 11.5 Å². The molecule has 3 aliphatic rings. The van der Waals surface area contributed by atoms with E-state index in [0.717, 1.165) is 48.9 Å². The Morgan fingerprint density at radius 3 is 2.49 bits per heavy atom. The number of hydrogen-bond acceptors (Lipinski definition) is 10. The first-order valence-corrected chi connectivity index (χ1v) is 18.3. The van der Waals surface area contributed by atoms with Gasteiger partial charge >= 0.3 is 0 Å². The lowest BCUT2D eigenvalue weighted by Gasteiger charge is -2.41. The van der Waals surface area contributed by atoms with Gasteiger partial charge in [-0.25, -0.2) is 17.7 Å². The van der Waals surface area contributed by atoms with Crippen molar-refractivity contribution in [3.63, 3.8) is 0 Å². The number of halogens is 1. The fourth-order valence-electron chi connectivity index (χ4n) is 7.61. The summed E-state index contributed by atoms with van der Waals surface area (Å²) < 4.78 is 47.3. The number of ether oxygens (including phenoxy) is 2. The van der Waals surface area contributed by atoms with Crippen LogP contribution in [0.15, 0.2) is 82.4 Å². The molecule has 1 amide bonds. The molecule has 2 fully saturated rings. The van der Waals surface area contributed by atoms with Crippen LogP contribution in [0, 0.1) is 0 Å². The maximum atomic E-state index is 15.6. The number of carbonyl (C=O) groups excluding carboxylic acids is 1. The molecule has 3 aromatic carbocycles. The number of oxazole rings is 1. The predicted molar refractivity (Wildman–Crippen MR) is 185 cm³/mol. The van der Waals surface area contributed by atoms with Gasteiger partial charge < -0.3 is 18.8 Å². The molecule has 0 bridgehead atoms. The molecule has 3 aliphatic heterocycles. The first-order chi connectivity index (χ1) is 23.7. The molecule has 0 aliphatic carbocycles. The molecule has 0 saturated carbocycles. The van der Waals surface area contributed by atoms with Gasteiger partial charge in [-0.2, -0.15) is 0 Å². The highest BCUT2D eigenvalue weighted by atomic mass is 35.5. The number of aromatic nitrogens is 1. The topological polar surface area (TPSA) is 109 Å². The lowest BCUT2D eigenvalue weighted by atomic mass is 9.80. The summed E-state index contributed by atoms with van der Waals surface area (Å²) in [5, 5.41) is 0.371. The fraction of sp³-hybridized carbons (Fsp3) is 0.389. The SMILES string of the molecule is COc1ccc(S(=O)(=O)N2C(=O)C(c3cc(CN4CCCN(C)CC4)ccc3OC)(N3CCCC3c3ncco3)c3cc(Cl)ccc32)cc1. The quantitative estimate of drug-likeness (QED) is 0.228. The molecule has 7 rings (SSSR count). The molecule has 2 saturated heterocycles. The summed E-state index contributed by atoms with van der Waals surface area (Å²) in [4.78, 5) is 26.8. The molecule has 0 spiro atoms. The number of likely N-dealkylation sites (N-methyl/N-ethyl adjacent to an activating group) is 1. The fourth-order valence-corrected chi connectivity index (χ4v) is 9.24. The van der Waals surface area contributed by atoms with E-state index in [2.05, 4.69) is 21.8 Å². The molecular formula is C36H40ClN5O6S. The lowest BCUT2D eigenvalue weighted by Crippen LogP contribution is -2.54. The van der Waals surface area contributed by atoms with Gasteiger partial charge in [0.1, 0.15) is 17.8 Å². The van der Waals surface area contributed by atoms with Crippen molar-refractivity contribution in [2.24, 2.45) is 0 Å². The molecule has 13 heteroatoms. The Kier molecular flexibility index (Phi) is 9.18. The summed E-state index contributed by atoms with van der Waals surface area (Å²) >= 11 is 6.72. The Morgan fingerprint density at radius 2 is 1.76 bits per heavy atom. The largest absolute Gasteiger partial charge is 0.497 e. The zero-order valence-corrected chi connectivity index (χ0v) is 29.4. The maximum absolute atomic E-state index is 15.6. The number of hydrogen-bond donors (Lipinski definition) is 0. The molecular weight excluding hydrogens is 666 g/mol. The second-order valence-corrected chi connectivity index (χ2v) is 15.0. The average molecular weight is 706 g/mol. The molecule has 0 radical (unpaired) electrons. The number of nitrogens with zero attached hydrogens (tertiary/aromatic N) is 5. The molecule has 11 nitrogen and oxygen atoms in total. The number of rotatable bonds is 9. The number of sulfonamides is 1. The summed E-state index contributed by atoms with van der Waals surface area (Å²) in [6.07, 6.45) is 5.53. The first kappa shape index (κ1) is 33.6. The number of anilines is 1. The van der Waals surface area contributed by atoms with Crippen molar-refractivity contribution < 1.29 is 27.1 Å². The smallest absolute Gasteiger partial charge is 0.271 e. The highest BCUT2D eigenvalue weighted by Crippen LogP contribution is 2.57. The van der Waals surface area contributed by atoms with Crippen molar-refractivity contribution in [1.82, 2.24) is 19.7 Å². The summed E-state index contributed by atoms with van der Waals surface area (Å²) in [5.74, 6) is 0.761. The van der Waals surface area contributed by atoms with Crippen molar-refractivity contribution in [1.29, 1.82) is 0 Å². The van der Waals surface area contributed by atoms with Crippen LogP contribution in [-0.4, -0.2) is 88.0 Å². The Labute approximate surface area is 292 Å². The van der Waals surface area contributed by atoms with Crippen LogP contribution in [0.25, 0.3) is 0 Å². The van der Waals surface area contributed by atoms with Crippen LogP contribution in [0.3, 0.4) is 0 Å².